The molecule has 6 rings (SSSR count). The van der Waals surface area contributed by atoms with E-state index in [2.05, 4.69) is 26.2 Å². The predicted molar refractivity (Wildman–Crippen MR) is 134 cm³/mol. The molecule has 34 heavy (non-hydrogen) atoms. The molecule has 2 saturated carbocycles. The van der Waals surface area contributed by atoms with Gasteiger partial charge in [0.1, 0.15) is 5.82 Å². The van der Waals surface area contributed by atoms with E-state index in [0.717, 1.165) is 57.3 Å². The number of rotatable bonds is 5. The van der Waals surface area contributed by atoms with Crippen LogP contribution in [0, 0.1) is 11.8 Å². The van der Waals surface area contributed by atoms with Crippen LogP contribution in [0.3, 0.4) is 0 Å². The maximum absolute atomic E-state index is 11.1. The van der Waals surface area contributed by atoms with Gasteiger partial charge in [0.15, 0.2) is 0 Å². The molecule has 5 atom stereocenters. The summed E-state index contributed by atoms with van der Waals surface area (Å²) >= 11 is 0. The summed E-state index contributed by atoms with van der Waals surface area (Å²) in [5, 5.41) is 14.7. The molecule has 7 nitrogen and oxygen atoms in total. The third kappa shape index (κ3) is 4.80. The molecule has 188 valence electrons. The van der Waals surface area contributed by atoms with Gasteiger partial charge in [0, 0.05) is 50.9 Å². The number of hydrogen-bond acceptors (Lipinski definition) is 7. The Morgan fingerprint density at radius 3 is 2.65 bits per heavy atom. The van der Waals surface area contributed by atoms with Crippen molar-refractivity contribution in [2.75, 3.05) is 42.9 Å². The Bertz CT molecular complexity index is 823. The molecular formula is C27H43N5O2. The lowest BCUT2D eigenvalue weighted by Crippen LogP contribution is -2.39. The van der Waals surface area contributed by atoms with Crippen molar-refractivity contribution in [3.8, 4) is 0 Å². The lowest BCUT2D eigenvalue weighted by Gasteiger charge is -2.35. The maximum atomic E-state index is 11.1. The van der Waals surface area contributed by atoms with Crippen LogP contribution < -0.4 is 10.2 Å². The highest BCUT2D eigenvalue weighted by Gasteiger charge is 2.55. The van der Waals surface area contributed by atoms with E-state index in [-0.39, 0.29) is 17.8 Å². The van der Waals surface area contributed by atoms with E-state index < -0.39 is 0 Å². The molecule has 3 aliphatic heterocycles. The van der Waals surface area contributed by atoms with Crippen molar-refractivity contribution < 1.29 is 9.84 Å². The van der Waals surface area contributed by atoms with E-state index in [1.165, 1.54) is 64.2 Å². The number of likely N-dealkylation sites (tertiary alicyclic amines) is 1. The number of ether oxygens (including phenoxy) is 1. The molecule has 1 unspecified atom stereocenters. The van der Waals surface area contributed by atoms with Gasteiger partial charge in [0.05, 0.1) is 17.8 Å². The molecule has 3 saturated heterocycles. The summed E-state index contributed by atoms with van der Waals surface area (Å²) in [6.45, 7) is 5.26. The summed E-state index contributed by atoms with van der Waals surface area (Å²) < 4.78 is 6.59. The van der Waals surface area contributed by atoms with E-state index in [1.807, 2.05) is 6.20 Å². The molecule has 1 aromatic rings. The standard InChI is InChI=1S/C27H43N5O2/c33-24-21(16-20-17-27(34-25(20)24)10-4-3-5-11-27)18-31-15-9-22(19-31)29-26-28-12-8-23(30-26)32-13-6-1-2-7-14-32/h8,12,20-22,24-25,33H,1-7,9-11,13-19H2,(H,28,29,30)/t20-,21-,22?,24+,25+/m1/s1. The van der Waals surface area contributed by atoms with Crippen LogP contribution in [-0.2, 0) is 4.74 Å². The number of fused-ring (bicyclic) bond motifs is 1. The Morgan fingerprint density at radius 2 is 1.85 bits per heavy atom. The van der Waals surface area contributed by atoms with E-state index in [9.17, 15) is 5.11 Å². The highest BCUT2D eigenvalue weighted by Crippen LogP contribution is 2.51. The van der Waals surface area contributed by atoms with Crippen LogP contribution in [0.2, 0.25) is 0 Å². The third-order valence-electron chi connectivity index (χ3n) is 9.34. The molecular weight excluding hydrogens is 426 g/mol. The minimum atomic E-state index is -0.299. The van der Waals surface area contributed by atoms with Gasteiger partial charge < -0.3 is 25.0 Å². The van der Waals surface area contributed by atoms with Gasteiger partial charge >= 0.3 is 0 Å². The van der Waals surface area contributed by atoms with Gasteiger partial charge in [0.25, 0.3) is 0 Å². The molecule has 0 amide bonds. The molecule has 1 spiro atoms. The average molecular weight is 470 g/mol. The molecule has 1 aromatic heterocycles. The number of hydrogen-bond donors (Lipinski definition) is 2. The predicted octanol–water partition coefficient (Wildman–Crippen LogP) is 3.83. The first-order valence-electron chi connectivity index (χ1n) is 14.1. The first-order chi connectivity index (χ1) is 16.7. The number of nitrogens with zero attached hydrogens (tertiary/aromatic N) is 4. The monoisotopic (exact) mass is 469 g/mol. The molecule has 0 bridgehead atoms. The van der Waals surface area contributed by atoms with Crippen LogP contribution in [0.5, 0.6) is 0 Å². The van der Waals surface area contributed by atoms with E-state index in [1.54, 1.807) is 0 Å². The SMILES string of the molecule is O[C@H]1[C@@H](CN2CCC(Nc3nccc(N4CCCCCC4)n3)C2)C[C@@H]2CC3(CCCCC3)O[C@@H]21. The zero-order valence-electron chi connectivity index (χ0n) is 20.7. The summed E-state index contributed by atoms with van der Waals surface area (Å²) in [5.74, 6) is 2.72. The van der Waals surface area contributed by atoms with Crippen molar-refractivity contribution in [2.45, 2.75) is 101 Å². The Morgan fingerprint density at radius 1 is 1.06 bits per heavy atom. The lowest BCUT2D eigenvalue weighted by atomic mass is 9.80. The average Bonchev–Trinajstić information content (AvgIpc) is 3.41. The fraction of sp³-hybridized carbons (Fsp3) is 0.852. The number of aromatic nitrogens is 2. The summed E-state index contributed by atoms with van der Waals surface area (Å²) in [4.78, 5) is 14.3. The maximum Gasteiger partial charge on any atom is 0.224 e. The Labute approximate surface area is 204 Å². The minimum Gasteiger partial charge on any atom is -0.390 e. The Kier molecular flexibility index (Phi) is 6.69. The van der Waals surface area contributed by atoms with Gasteiger partial charge in [0.2, 0.25) is 5.95 Å². The van der Waals surface area contributed by atoms with Gasteiger partial charge in [-0.25, -0.2) is 4.98 Å². The first-order valence-corrected chi connectivity index (χ1v) is 14.1. The number of aliphatic hydroxyl groups is 1. The van der Waals surface area contributed by atoms with Crippen LogP contribution >= 0.6 is 0 Å². The smallest absolute Gasteiger partial charge is 0.224 e. The summed E-state index contributed by atoms with van der Waals surface area (Å²) in [5.41, 5.74) is 0.101. The van der Waals surface area contributed by atoms with Gasteiger partial charge in [-0.2, -0.15) is 4.98 Å². The fourth-order valence-corrected chi connectivity index (χ4v) is 7.62. The quantitative estimate of drug-likeness (QED) is 0.679. The lowest BCUT2D eigenvalue weighted by molar-refractivity contribution is -0.108. The molecule has 4 heterocycles. The van der Waals surface area contributed by atoms with Gasteiger partial charge in [-0.3, -0.25) is 0 Å². The second-order valence-corrected chi connectivity index (χ2v) is 11.8. The topological polar surface area (TPSA) is 73.8 Å². The van der Waals surface area contributed by atoms with E-state index in [4.69, 9.17) is 9.72 Å². The van der Waals surface area contributed by atoms with Crippen molar-refractivity contribution in [1.82, 2.24) is 14.9 Å². The summed E-state index contributed by atoms with van der Waals surface area (Å²) in [6.07, 6.45) is 16.6. The molecule has 0 radical (unpaired) electrons. The van der Waals surface area contributed by atoms with Crippen molar-refractivity contribution in [1.29, 1.82) is 0 Å². The number of nitrogens with one attached hydrogen (secondary N) is 1. The van der Waals surface area contributed by atoms with Gasteiger partial charge in [-0.15, -0.1) is 0 Å². The van der Waals surface area contributed by atoms with Crippen molar-refractivity contribution in [2.24, 2.45) is 11.8 Å². The third-order valence-corrected chi connectivity index (χ3v) is 9.34. The molecule has 0 aromatic carbocycles. The molecule has 5 aliphatic rings. The Hall–Kier alpha value is -1.44. The normalized spacial score (nSPS) is 36.0. The fourth-order valence-electron chi connectivity index (χ4n) is 7.62. The van der Waals surface area contributed by atoms with Crippen LogP contribution in [0.25, 0.3) is 0 Å². The second kappa shape index (κ2) is 9.90. The zero-order chi connectivity index (χ0) is 23.0. The van der Waals surface area contributed by atoms with E-state index in [0.29, 0.717) is 17.9 Å². The summed E-state index contributed by atoms with van der Waals surface area (Å²) in [7, 11) is 0. The van der Waals surface area contributed by atoms with Crippen LogP contribution in [0.4, 0.5) is 11.8 Å². The van der Waals surface area contributed by atoms with Crippen molar-refractivity contribution in [3.05, 3.63) is 12.3 Å². The second-order valence-electron chi connectivity index (χ2n) is 11.8. The van der Waals surface area contributed by atoms with Gasteiger partial charge in [-0.1, -0.05) is 32.1 Å². The van der Waals surface area contributed by atoms with Crippen LogP contribution in [0.1, 0.15) is 77.0 Å². The Balaban J connectivity index is 1.00. The van der Waals surface area contributed by atoms with Crippen molar-refractivity contribution >= 4 is 11.8 Å². The van der Waals surface area contributed by atoms with Crippen LogP contribution in [-0.4, -0.2) is 76.5 Å². The number of aliphatic hydroxyl groups excluding tert-OH is 1. The first kappa shape index (κ1) is 23.0. The highest BCUT2D eigenvalue weighted by molar-refractivity contribution is 5.43. The van der Waals surface area contributed by atoms with E-state index >= 15 is 0 Å². The van der Waals surface area contributed by atoms with Gasteiger partial charge in [-0.05, 0) is 56.9 Å². The highest BCUT2D eigenvalue weighted by atomic mass is 16.5. The largest absolute Gasteiger partial charge is 0.390 e. The minimum absolute atomic E-state index is 0.0785. The van der Waals surface area contributed by atoms with Crippen LogP contribution in [0.15, 0.2) is 12.3 Å². The zero-order valence-corrected chi connectivity index (χ0v) is 20.7. The van der Waals surface area contributed by atoms with Crippen molar-refractivity contribution in [3.63, 3.8) is 0 Å². The molecule has 2 N–H and O–H groups in total. The molecule has 5 fully saturated rings. The molecule has 2 aliphatic carbocycles. The molecule has 7 heteroatoms. The summed E-state index contributed by atoms with van der Waals surface area (Å²) in [6, 6.07) is 2.43. The number of anilines is 2.